The van der Waals surface area contributed by atoms with Crippen molar-refractivity contribution >= 4 is 17.5 Å². The lowest BCUT2D eigenvalue weighted by Gasteiger charge is -2.18. The molecule has 0 saturated heterocycles. The molecule has 2 heterocycles. The van der Waals surface area contributed by atoms with E-state index in [-0.39, 0.29) is 24.1 Å². The van der Waals surface area contributed by atoms with E-state index in [1.807, 2.05) is 32.9 Å². The molecule has 148 valence electrons. The molecule has 5 nitrogen and oxygen atoms in total. The molecule has 1 aliphatic heterocycles. The number of carbonyl (C=O) groups is 1. The molecule has 2 N–H and O–H groups in total. The second kappa shape index (κ2) is 8.65. The molecule has 6 heteroatoms. The zero-order valence-electron chi connectivity index (χ0n) is 16.4. The molecule has 0 saturated carbocycles. The van der Waals surface area contributed by atoms with Gasteiger partial charge in [0.15, 0.2) is 0 Å². The van der Waals surface area contributed by atoms with Gasteiger partial charge in [0.25, 0.3) is 11.5 Å². The van der Waals surface area contributed by atoms with Gasteiger partial charge in [-0.15, -0.1) is 0 Å². The van der Waals surface area contributed by atoms with E-state index in [9.17, 15) is 9.59 Å². The molecular weight excluding hydrogens is 376 g/mol. The number of benzene rings is 1. The molecule has 0 aliphatic carbocycles. The van der Waals surface area contributed by atoms with Crippen LogP contribution in [0.5, 0.6) is 5.75 Å². The van der Waals surface area contributed by atoms with Gasteiger partial charge in [0.2, 0.25) is 0 Å². The van der Waals surface area contributed by atoms with Crippen LogP contribution in [0, 0.1) is 6.92 Å². The average Bonchev–Trinajstić information content (AvgIpc) is 2.59. The number of hydrogen-bond donors (Lipinski definition) is 2. The van der Waals surface area contributed by atoms with Gasteiger partial charge in [0.1, 0.15) is 5.75 Å². The van der Waals surface area contributed by atoms with Gasteiger partial charge < -0.3 is 15.0 Å². The molecule has 2 aromatic rings. The fourth-order valence-electron chi connectivity index (χ4n) is 3.41. The van der Waals surface area contributed by atoms with Crippen LogP contribution in [0.1, 0.15) is 53.0 Å². The highest BCUT2D eigenvalue weighted by Crippen LogP contribution is 2.30. The van der Waals surface area contributed by atoms with Crippen molar-refractivity contribution in [1.82, 2.24) is 10.3 Å². The third kappa shape index (κ3) is 4.65. The number of aryl methyl sites for hydroxylation is 2. The van der Waals surface area contributed by atoms with Gasteiger partial charge in [-0.2, -0.15) is 0 Å². The number of ether oxygens (including phenoxy) is 1. The zero-order chi connectivity index (χ0) is 20.3. The van der Waals surface area contributed by atoms with Crippen molar-refractivity contribution in [2.75, 3.05) is 0 Å². The highest BCUT2D eigenvalue weighted by atomic mass is 35.5. The first kappa shape index (κ1) is 20.2. The number of hydrogen-bond acceptors (Lipinski definition) is 3. The fourth-order valence-corrected chi connectivity index (χ4v) is 3.62. The summed E-state index contributed by atoms with van der Waals surface area (Å²) < 4.78 is 5.90. The highest BCUT2D eigenvalue weighted by Gasteiger charge is 2.19. The van der Waals surface area contributed by atoms with E-state index in [2.05, 4.69) is 16.4 Å². The molecule has 0 fully saturated rings. The van der Waals surface area contributed by atoms with Gasteiger partial charge in [-0.05, 0) is 63.8 Å². The first-order chi connectivity index (χ1) is 13.3. The lowest BCUT2D eigenvalue weighted by molar-refractivity contribution is 0.0949. The first-order valence-corrected chi connectivity index (χ1v) is 9.87. The lowest BCUT2D eigenvalue weighted by Crippen LogP contribution is -2.29. The Morgan fingerprint density at radius 2 is 1.89 bits per heavy atom. The maximum atomic E-state index is 12.9. The number of nitrogens with one attached hydrogen (secondary N) is 2. The summed E-state index contributed by atoms with van der Waals surface area (Å²) >= 11 is 6.25. The predicted octanol–water partition coefficient (Wildman–Crippen LogP) is 4.10. The van der Waals surface area contributed by atoms with Crippen LogP contribution in [0.2, 0.25) is 5.02 Å². The highest BCUT2D eigenvalue weighted by molar-refractivity contribution is 6.31. The number of fused-ring (bicyclic) bond motifs is 2. The summed E-state index contributed by atoms with van der Waals surface area (Å²) in [5.41, 5.74) is 3.48. The van der Waals surface area contributed by atoms with Crippen molar-refractivity contribution in [3.8, 4) is 5.75 Å². The number of amides is 1. The van der Waals surface area contributed by atoms with Crippen LogP contribution >= 0.6 is 11.6 Å². The van der Waals surface area contributed by atoms with E-state index >= 15 is 0 Å². The minimum Gasteiger partial charge on any atom is -0.491 e. The Labute approximate surface area is 169 Å². The molecule has 28 heavy (non-hydrogen) atoms. The molecule has 0 unspecified atom stereocenters. The minimum atomic E-state index is -0.272. The predicted molar refractivity (Wildman–Crippen MR) is 111 cm³/mol. The summed E-state index contributed by atoms with van der Waals surface area (Å²) in [4.78, 5) is 28.2. The number of aromatic amines is 1. The molecule has 0 spiro atoms. The number of rotatable bonds is 2. The van der Waals surface area contributed by atoms with E-state index in [1.165, 1.54) is 0 Å². The topological polar surface area (TPSA) is 71.2 Å². The maximum absolute atomic E-state index is 12.9. The van der Waals surface area contributed by atoms with Crippen LogP contribution in [-0.2, 0) is 19.4 Å². The number of carbonyl (C=O) groups excluding carboxylic acids is 1. The minimum absolute atomic E-state index is 0.0373. The number of aromatic nitrogens is 1. The summed E-state index contributed by atoms with van der Waals surface area (Å²) in [6, 6.07) is 5.37. The van der Waals surface area contributed by atoms with Crippen molar-refractivity contribution < 1.29 is 9.53 Å². The van der Waals surface area contributed by atoms with Gasteiger partial charge in [-0.1, -0.05) is 23.8 Å². The Bertz CT molecular complexity index is 976. The summed E-state index contributed by atoms with van der Waals surface area (Å²) in [5, 5.41) is 3.32. The van der Waals surface area contributed by atoms with Crippen LogP contribution in [0.25, 0.3) is 0 Å². The Morgan fingerprint density at radius 1 is 1.11 bits per heavy atom. The van der Waals surface area contributed by atoms with E-state index in [4.69, 9.17) is 16.3 Å². The van der Waals surface area contributed by atoms with Gasteiger partial charge in [0, 0.05) is 34.0 Å². The Balaban J connectivity index is 2.04. The second-order valence-electron chi connectivity index (χ2n) is 7.28. The molecule has 0 radical (unpaired) electrons. The van der Waals surface area contributed by atoms with Crippen molar-refractivity contribution in [3.63, 3.8) is 0 Å². The number of pyridine rings is 1. The van der Waals surface area contributed by atoms with Crippen LogP contribution in [0.3, 0.4) is 0 Å². The summed E-state index contributed by atoms with van der Waals surface area (Å²) in [6.07, 6.45) is 6.21. The van der Waals surface area contributed by atoms with Crippen molar-refractivity contribution in [1.29, 1.82) is 0 Å². The normalized spacial score (nSPS) is 15.7. The summed E-state index contributed by atoms with van der Waals surface area (Å²) in [6.45, 7) is 5.90. The van der Waals surface area contributed by atoms with Crippen molar-refractivity contribution in [2.24, 2.45) is 0 Å². The quantitative estimate of drug-likeness (QED) is 0.745. The third-order valence-electron chi connectivity index (χ3n) is 4.64. The number of H-pyrrole nitrogens is 1. The second-order valence-corrected chi connectivity index (χ2v) is 7.72. The standard InChI is InChI=1S/C22H25ClN2O3/c1-13(2)28-20-11-16(23)10-18-17(20)8-6-4-5-7-15-9-14(3)25-22(27)19(15)12-24-21(18)26/h4,6,9-11,13H,5,7-8,12H2,1-3H3,(H,24,26)(H,25,27)/b6-4+. The van der Waals surface area contributed by atoms with Crippen LogP contribution in [0.4, 0.5) is 0 Å². The van der Waals surface area contributed by atoms with E-state index in [1.54, 1.807) is 12.1 Å². The SMILES string of the molecule is Cc1cc2c(c(=O)[nH]1)CNC(=O)c1cc(Cl)cc(OC(C)C)c1C/C=C/CC2. The molecule has 1 aromatic heterocycles. The fraction of sp³-hybridized carbons (Fsp3) is 0.364. The Hall–Kier alpha value is -2.53. The van der Waals surface area contributed by atoms with Crippen LogP contribution < -0.4 is 15.6 Å². The maximum Gasteiger partial charge on any atom is 0.253 e. The van der Waals surface area contributed by atoms with Gasteiger partial charge in [-0.3, -0.25) is 9.59 Å². The van der Waals surface area contributed by atoms with Crippen molar-refractivity contribution in [2.45, 2.75) is 52.7 Å². The van der Waals surface area contributed by atoms with Gasteiger partial charge >= 0.3 is 0 Å². The largest absolute Gasteiger partial charge is 0.491 e. The first-order valence-electron chi connectivity index (χ1n) is 9.49. The molecule has 1 aromatic carbocycles. The number of allylic oxidation sites excluding steroid dienone is 2. The monoisotopic (exact) mass is 400 g/mol. The molecule has 1 aliphatic rings. The van der Waals surface area contributed by atoms with Crippen LogP contribution in [0.15, 0.2) is 35.1 Å². The molecule has 1 amide bonds. The Morgan fingerprint density at radius 3 is 2.64 bits per heavy atom. The average molecular weight is 401 g/mol. The molecule has 0 bridgehead atoms. The lowest BCUT2D eigenvalue weighted by atomic mass is 9.99. The summed E-state index contributed by atoms with van der Waals surface area (Å²) in [7, 11) is 0. The van der Waals surface area contributed by atoms with E-state index in [0.29, 0.717) is 28.3 Å². The molecule has 3 rings (SSSR count). The van der Waals surface area contributed by atoms with E-state index < -0.39 is 0 Å². The van der Waals surface area contributed by atoms with Gasteiger partial charge in [-0.25, -0.2) is 0 Å². The smallest absolute Gasteiger partial charge is 0.253 e. The molecule has 0 atom stereocenters. The van der Waals surface area contributed by atoms with Gasteiger partial charge in [0.05, 0.1) is 6.10 Å². The Kier molecular flexibility index (Phi) is 6.25. The zero-order valence-corrected chi connectivity index (χ0v) is 17.2. The molecular formula is C22H25ClN2O3. The summed E-state index contributed by atoms with van der Waals surface area (Å²) in [5.74, 6) is 0.342. The van der Waals surface area contributed by atoms with Crippen LogP contribution in [-0.4, -0.2) is 17.0 Å². The third-order valence-corrected chi connectivity index (χ3v) is 4.86. The van der Waals surface area contributed by atoms with Crippen molar-refractivity contribution in [3.05, 3.63) is 73.7 Å². The van der Waals surface area contributed by atoms with E-state index in [0.717, 1.165) is 29.7 Å². The number of halogens is 1.